The molecule has 0 aliphatic rings. The van der Waals surface area contributed by atoms with Gasteiger partial charge in [0, 0.05) is 10.0 Å². The van der Waals surface area contributed by atoms with Crippen LogP contribution in [0.15, 0.2) is 52.0 Å². The third-order valence-electron chi connectivity index (χ3n) is 2.67. The maximum atomic E-state index is 11.9. The fourth-order valence-electron chi connectivity index (χ4n) is 1.64. The van der Waals surface area contributed by atoms with Crippen LogP contribution in [0.1, 0.15) is 21.5 Å². The van der Waals surface area contributed by atoms with E-state index >= 15 is 0 Å². The van der Waals surface area contributed by atoms with Crippen molar-refractivity contribution in [3.05, 3.63) is 63.6 Å². The number of amides is 1. The van der Waals surface area contributed by atoms with Crippen LogP contribution in [0.5, 0.6) is 5.75 Å². The van der Waals surface area contributed by atoms with Gasteiger partial charge in [0.05, 0.1) is 11.8 Å². The zero-order valence-corrected chi connectivity index (χ0v) is 12.4. The van der Waals surface area contributed by atoms with E-state index < -0.39 is 0 Å². The van der Waals surface area contributed by atoms with Crippen molar-refractivity contribution in [1.82, 2.24) is 5.43 Å². The second-order valence-electron chi connectivity index (χ2n) is 4.24. The Morgan fingerprint density at radius 2 is 2.05 bits per heavy atom. The van der Waals surface area contributed by atoms with Gasteiger partial charge in [0.25, 0.3) is 5.91 Å². The highest BCUT2D eigenvalue weighted by Crippen LogP contribution is 2.16. The van der Waals surface area contributed by atoms with E-state index in [0.29, 0.717) is 15.6 Å². The number of benzene rings is 2. The number of phenolic OH excluding ortho intramolecular Hbond substituents is 1. The quantitative estimate of drug-likeness (QED) is 0.669. The first-order valence-corrected chi connectivity index (χ1v) is 6.75. The van der Waals surface area contributed by atoms with Crippen LogP contribution in [-0.2, 0) is 0 Å². The fourth-order valence-corrected chi connectivity index (χ4v) is 2.11. The monoisotopic (exact) mass is 332 g/mol. The molecule has 0 spiro atoms. The normalized spacial score (nSPS) is 10.7. The highest BCUT2D eigenvalue weighted by Gasteiger charge is 2.07. The summed E-state index contributed by atoms with van der Waals surface area (Å²) in [7, 11) is 0. The summed E-state index contributed by atoms with van der Waals surface area (Å²) in [5, 5.41) is 13.5. The van der Waals surface area contributed by atoms with Crippen LogP contribution >= 0.6 is 15.9 Å². The molecule has 20 heavy (non-hydrogen) atoms. The average Bonchev–Trinajstić information content (AvgIpc) is 2.43. The Kier molecular flexibility index (Phi) is 4.53. The molecule has 4 nitrogen and oxygen atoms in total. The molecule has 5 heteroatoms. The van der Waals surface area contributed by atoms with Crippen LogP contribution < -0.4 is 5.43 Å². The second-order valence-corrected chi connectivity index (χ2v) is 5.10. The lowest BCUT2D eigenvalue weighted by Crippen LogP contribution is -2.18. The van der Waals surface area contributed by atoms with Gasteiger partial charge in [-0.25, -0.2) is 5.43 Å². The molecule has 2 N–H and O–H groups in total. The summed E-state index contributed by atoms with van der Waals surface area (Å²) in [5.74, 6) is -0.199. The summed E-state index contributed by atoms with van der Waals surface area (Å²) in [6.45, 7) is 1.91. The van der Waals surface area contributed by atoms with Crippen molar-refractivity contribution in [1.29, 1.82) is 0 Å². The standard InChI is InChI=1S/C15H13BrN2O2/c1-10-6-7-14(19)11(8-10)9-17-18-15(20)12-4-2-3-5-13(12)16/h2-9,19H,1H3,(H,18,20)/b17-9-. The van der Waals surface area contributed by atoms with Crippen molar-refractivity contribution in [3.8, 4) is 5.75 Å². The Morgan fingerprint density at radius 3 is 2.80 bits per heavy atom. The first kappa shape index (κ1) is 14.3. The summed E-state index contributed by atoms with van der Waals surface area (Å²) >= 11 is 3.30. The van der Waals surface area contributed by atoms with E-state index in [-0.39, 0.29) is 11.7 Å². The van der Waals surface area contributed by atoms with E-state index in [1.165, 1.54) is 6.21 Å². The number of nitrogens with one attached hydrogen (secondary N) is 1. The molecule has 0 aliphatic heterocycles. The van der Waals surface area contributed by atoms with E-state index in [2.05, 4.69) is 26.5 Å². The molecule has 0 atom stereocenters. The van der Waals surface area contributed by atoms with Gasteiger partial charge in [-0.1, -0.05) is 23.8 Å². The summed E-state index contributed by atoms with van der Waals surface area (Å²) in [6.07, 6.45) is 1.41. The maximum absolute atomic E-state index is 11.9. The molecule has 0 unspecified atom stereocenters. The van der Waals surface area contributed by atoms with Crippen molar-refractivity contribution in [2.75, 3.05) is 0 Å². The molecular weight excluding hydrogens is 320 g/mol. The molecule has 2 rings (SSSR count). The smallest absolute Gasteiger partial charge is 0.272 e. The van der Waals surface area contributed by atoms with Crippen LogP contribution in [0.2, 0.25) is 0 Å². The van der Waals surface area contributed by atoms with Crippen LogP contribution in [0.3, 0.4) is 0 Å². The Morgan fingerprint density at radius 1 is 1.30 bits per heavy atom. The molecule has 0 heterocycles. The highest BCUT2D eigenvalue weighted by molar-refractivity contribution is 9.10. The van der Waals surface area contributed by atoms with E-state index in [0.717, 1.165) is 5.56 Å². The summed E-state index contributed by atoms with van der Waals surface area (Å²) in [6, 6.07) is 12.2. The molecule has 0 radical (unpaired) electrons. The van der Waals surface area contributed by atoms with Crippen LogP contribution in [0.25, 0.3) is 0 Å². The SMILES string of the molecule is Cc1ccc(O)c(/C=N\NC(=O)c2ccccc2Br)c1. The number of aryl methyl sites for hydroxylation is 1. The molecule has 1 amide bonds. The number of hydrogen-bond donors (Lipinski definition) is 2. The van der Waals surface area contributed by atoms with E-state index in [9.17, 15) is 9.90 Å². The Bertz CT molecular complexity index is 669. The third-order valence-corrected chi connectivity index (χ3v) is 3.36. The molecule has 0 saturated heterocycles. The van der Waals surface area contributed by atoms with Gasteiger partial charge < -0.3 is 5.11 Å². The number of carbonyl (C=O) groups excluding carboxylic acids is 1. The molecular formula is C15H13BrN2O2. The Hall–Kier alpha value is -2.14. The molecule has 0 bridgehead atoms. The van der Waals surface area contributed by atoms with Gasteiger partial charge in [-0.15, -0.1) is 0 Å². The maximum Gasteiger partial charge on any atom is 0.272 e. The zero-order chi connectivity index (χ0) is 14.5. The zero-order valence-electron chi connectivity index (χ0n) is 10.8. The molecule has 0 saturated carbocycles. The Balaban J connectivity index is 2.09. The Labute approximate surface area is 125 Å². The summed E-state index contributed by atoms with van der Waals surface area (Å²) in [4.78, 5) is 11.9. The fraction of sp³-hybridized carbons (Fsp3) is 0.0667. The number of phenols is 1. The van der Waals surface area contributed by atoms with Crippen molar-refractivity contribution < 1.29 is 9.90 Å². The number of hydrogen-bond acceptors (Lipinski definition) is 3. The van der Waals surface area contributed by atoms with Gasteiger partial charge >= 0.3 is 0 Å². The van der Waals surface area contributed by atoms with Crippen LogP contribution in [0, 0.1) is 6.92 Å². The summed E-state index contributed by atoms with van der Waals surface area (Å²) in [5.41, 5.74) is 4.48. The average molecular weight is 333 g/mol. The van der Waals surface area contributed by atoms with Gasteiger partial charge in [0.15, 0.2) is 0 Å². The highest BCUT2D eigenvalue weighted by atomic mass is 79.9. The predicted octanol–water partition coefficient (Wildman–Crippen LogP) is 3.23. The number of rotatable bonds is 3. The van der Waals surface area contributed by atoms with Gasteiger partial charge in [-0.05, 0) is 47.1 Å². The van der Waals surface area contributed by atoms with Gasteiger partial charge in [-0.2, -0.15) is 5.10 Å². The second kappa shape index (κ2) is 6.34. The van der Waals surface area contributed by atoms with Crippen LogP contribution in [-0.4, -0.2) is 17.2 Å². The predicted molar refractivity (Wildman–Crippen MR) is 82.0 cm³/mol. The number of halogens is 1. The minimum atomic E-state index is -0.319. The van der Waals surface area contributed by atoms with Gasteiger partial charge in [0.1, 0.15) is 5.75 Å². The lowest BCUT2D eigenvalue weighted by atomic mass is 10.1. The minimum absolute atomic E-state index is 0.120. The molecule has 2 aromatic rings. The molecule has 0 aliphatic carbocycles. The lowest BCUT2D eigenvalue weighted by Gasteiger charge is -2.03. The van der Waals surface area contributed by atoms with Crippen molar-refractivity contribution in [3.63, 3.8) is 0 Å². The van der Waals surface area contributed by atoms with E-state index in [1.807, 2.05) is 13.0 Å². The first-order chi connectivity index (χ1) is 9.58. The number of carbonyl (C=O) groups is 1. The van der Waals surface area contributed by atoms with Crippen molar-refractivity contribution in [2.45, 2.75) is 6.92 Å². The van der Waals surface area contributed by atoms with E-state index in [1.54, 1.807) is 36.4 Å². The van der Waals surface area contributed by atoms with E-state index in [4.69, 9.17) is 0 Å². The number of nitrogens with zero attached hydrogens (tertiary/aromatic N) is 1. The molecule has 102 valence electrons. The topological polar surface area (TPSA) is 61.7 Å². The van der Waals surface area contributed by atoms with Crippen molar-refractivity contribution >= 4 is 28.1 Å². The minimum Gasteiger partial charge on any atom is -0.507 e. The lowest BCUT2D eigenvalue weighted by molar-refractivity contribution is 0.0954. The van der Waals surface area contributed by atoms with Gasteiger partial charge in [-0.3, -0.25) is 4.79 Å². The largest absolute Gasteiger partial charge is 0.507 e. The third kappa shape index (κ3) is 3.45. The number of aromatic hydroxyl groups is 1. The summed E-state index contributed by atoms with van der Waals surface area (Å²) < 4.78 is 0.700. The molecule has 0 aromatic heterocycles. The molecule has 0 fully saturated rings. The molecule has 2 aromatic carbocycles. The van der Waals surface area contributed by atoms with Gasteiger partial charge in [0.2, 0.25) is 0 Å². The van der Waals surface area contributed by atoms with Crippen LogP contribution in [0.4, 0.5) is 0 Å². The first-order valence-electron chi connectivity index (χ1n) is 5.95. The number of hydrazone groups is 1. The van der Waals surface area contributed by atoms with Crippen molar-refractivity contribution in [2.24, 2.45) is 5.10 Å².